The van der Waals surface area contributed by atoms with E-state index in [1.54, 1.807) is 12.1 Å². The smallest absolute Gasteiger partial charge is 0.354 e. The standard InChI is InChI=1S/C24H26F4N6O2/c25-21(16-4-1-2-5-16)23(36)34-10-7-20(35)30-9-11-33(12-13-34)19-14-18(24(26,27)28)31-22(32-19)17-6-3-8-29-15-17/h3,6,8,14-15H,1-2,4-5,7,9-13H2,(H,30,35). The lowest BCUT2D eigenvalue weighted by Gasteiger charge is -2.30. The van der Waals surface area contributed by atoms with E-state index >= 15 is 0 Å². The Morgan fingerprint density at radius 3 is 2.50 bits per heavy atom. The highest BCUT2D eigenvalue weighted by molar-refractivity contribution is 5.92. The fourth-order valence-corrected chi connectivity index (χ4v) is 4.23. The van der Waals surface area contributed by atoms with Crippen molar-refractivity contribution in [2.45, 2.75) is 38.3 Å². The van der Waals surface area contributed by atoms with E-state index in [1.165, 1.54) is 22.2 Å². The molecule has 1 saturated carbocycles. The van der Waals surface area contributed by atoms with Crippen LogP contribution in [0.2, 0.25) is 0 Å². The summed E-state index contributed by atoms with van der Waals surface area (Å²) in [5.41, 5.74) is -0.344. The lowest BCUT2D eigenvalue weighted by Crippen LogP contribution is -2.45. The molecule has 4 rings (SSSR count). The van der Waals surface area contributed by atoms with Crippen LogP contribution >= 0.6 is 0 Å². The van der Waals surface area contributed by atoms with Crippen LogP contribution in [0.15, 0.2) is 42.0 Å². The summed E-state index contributed by atoms with van der Waals surface area (Å²) in [5, 5.41) is 2.69. The van der Waals surface area contributed by atoms with Gasteiger partial charge in [-0.05, 0) is 43.4 Å². The van der Waals surface area contributed by atoms with Crippen molar-refractivity contribution in [1.82, 2.24) is 25.2 Å². The highest BCUT2D eigenvalue weighted by atomic mass is 19.4. The number of pyridine rings is 1. The van der Waals surface area contributed by atoms with Crippen LogP contribution in [0, 0.1) is 0 Å². The van der Waals surface area contributed by atoms with Crippen LogP contribution in [0.1, 0.15) is 37.8 Å². The monoisotopic (exact) mass is 506 g/mol. The highest BCUT2D eigenvalue weighted by Crippen LogP contribution is 2.32. The molecule has 1 aliphatic carbocycles. The number of nitrogens with one attached hydrogen (secondary N) is 1. The number of hydrogen-bond acceptors (Lipinski definition) is 6. The normalized spacial score (nSPS) is 17.7. The highest BCUT2D eigenvalue weighted by Gasteiger charge is 2.34. The van der Waals surface area contributed by atoms with E-state index in [4.69, 9.17) is 0 Å². The molecule has 2 fully saturated rings. The van der Waals surface area contributed by atoms with Crippen molar-refractivity contribution in [3.8, 4) is 11.4 Å². The minimum atomic E-state index is -4.72. The molecule has 0 bridgehead atoms. The molecule has 0 atom stereocenters. The van der Waals surface area contributed by atoms with Crippen LogP contribution in [-0.4, -0.2) is 64.4 Å². The maximum Gasteiger partial charge on any atom is 0.433 e. The molecular weight excluding hydrogens is 480 g/mol. The summed E-state index contributed by atoms with van der Waals surface area (Å²) in [5.74, 6) is -2.10. The van der Waals surface area contributed by atoms with Crippen LogP contribution in [0.25, 0.3) is 11.4 Å². The number of halogens is 4. The number of amides is 2. The Labute approximate surface area is 205 Å². The molecule has 1 N–H and O–H groups in total. The van der Waals surface area contributed by atoms with Crippen LogP contribution in [-0.2, 0) is 15.8 Å². The summed E-state index contributed by atoms with van der Waals surface area (Å²) >= 11 is 0. The molecule has 2 aromatic heterocycles. The fourth-order valence-electron chi connectivity index (χ4n) is 4.23. The molecule has 3 heterocycles. The number of anilines is 1. The van der Waals surface area contributed by atoms with E-state index < -0.39 is 23.6 Å². The minimum Gasteiger partial charge on any atom is -0.354 e. The largest absolute Gasteiger partial charge is 0.433 e. The van der Waals surface area contributed by atoms with E-state index in [9.17, 15) is 27.2 Å². The summed E-state index contributed by atoms with van der Waals surface area (Å²) in [6, 6.07) is 3.95. The molecule has 0 unspecified atom stereocenters. The van der Waals surface area contributed by atoms with Gasteiger partial charge >= 0.3 is 6.18 Å². The molecular formula is C24H26F4N6O2. The first kappa shape index (κ1) is 25.5. The molecule has 2 aromatic rings. The van der Waals surface area contributed by atoms with Crippen molar-refractivity contribution >= 4 is 17.6 Å². The van der Waals surface area contributed by atoms with Gasteiger partial charge in [0.05, 0.1) is 0 Å². The molecule has 8 nitrogen and oxygen atoms in total. The quantitative estimate of drug-likeness (QED) is 0.506. The molecule has 2 aliphatic rings. The van der Waals surface area contributed by atoms with Crippen molar-refractivity contribution in [1.29, 1.82) is 0 Å². The van der Waals surface area contributed by atoms with Crippen molar-refractivity contribution in [3.63, 3.8) is 0 Å². The third-order valence-electron chi connectivity index (χ3n) is 6.19. The number of carbonyl (C=O) groups excluding carboxylic acids is 2. The number of hydrogen-bond donors (Lipinski definition) is 1. The molecule has 0 aromatic carbocycles. The zero-order valence-corrected chi connectivity index (χ0v) is 19.5. The van der Waals surface area contributed by atoms with Crippen LogP contribution in [0.4, 0.5) is 23.4 Å². The Balaban J connectivity index is 1.65. The molecule has 0 radical (unpaired) electrons. The van der Waals surface area contributed by atoms with Gasteiger partial charge in [-0.1, -0.05) is 0 Å². The molecule has 1 aliphatic heterocycles. The predicted octanol–water partition coefficient (Wildman–Crippen LogP) is 3.51. The van der Waals surface area contributed by atoms with Gasteiger partial charge in [0.25, 0.3) is 5.91 Å². The van der Waals surface area contributed by atoms with E-state index in [0.717, 1.165) is 18.9 Å². The van der Waals surface area contributed by atoms with E-state index in [0.29, 0.717) is 24.0 Å². The van der Waals surface area contributed by atoms with E-state index in [2.05, 4.69) is 20.3 Å². The Morgan fingerprint density at radius 2 is 1.81 bits per heavy atom. The summed E-state index contributed by atoms with van der Waals surface area (Å²) in [6.07, 6.45) is 0.816. The number of alkyl halides is 3. The van der Waals surface area contributed by atoms with Crippen LogP contribution in [0.5, 0.6) is 0 Å². The zero-order valence-electron chi connectivity index (χ0n) is 19.5. The summed E-state index contributed by atoms with van der Waals surface area (Å²) < 4.78 is 55.9. The number of nitrogens with zero attached hydrogens (tertiary/aromatic N) is 5. The summed E-state index contributed by atoms with van der Waals surface area (Å²) in [6.45, 7) is 0.403. The van der Waals surface area contributed by atoms with Crippen LogP contribution in [0.3, 0.4) is 0 Å². The summed E-state index contributed by atoms with van der Waals surface area (Å²) in [7, 11) is 0. The predicted molar refractivity (Wildman–Crippen MR) is 123 cm³/mol. The first-order chi connectivity index (χ1) is 17.2. The van der Waals surface area contributed by atoms with Gasteiger partial charge in [0.2, 0.25) is 5.91 Å². The molecule has 1 saturated heterocycles. The van der Waals surface area contributed by atoms with Crippen molar-refractivity contribution < 1.29 is 27.2 Å². The molecule has 2 amide bonds. The fraction of sp³-hybridized carbons (Fsp3) is 0.458. The zero-order chi connectivity index (χ0) is 25.7. The van der Waals surface area contributed by atoms with Gasteiger partial charge in [0, 0.05) is 63.2 Å². The topological polar surface area (TPSA) is 91.3 Å². The Kier molecular flexibility index (Phi) is 7.80. The molecule has 12 heteroatoms. The van der Waals surface area contributed by atoms with Gasteiger partial charge in [-0.3, -0.25) is 14.6 Å². The third kappa shape index (κ3) is 6.16. The Bertz CT molecular complexity index is 1130. The van der Waals surface area contributed by atoms with Crippen molar-refractivity contribution in [3.05, 3.63) is 47.7 Å². The third-order valence-corrected chi connectivity index (χ3v) is 6.19. The van der Waals surface area contributed by atoms with Crippen LogP contribution < -0.4 is 10.2 Å². The van der Waals surface area contributed by atoms with Gasteiger partial charge in [-0.25, -0.2) is 14.4 Å². The van der Waals surface area contributed by atoms with Gasteiger partial charge < -0.3 is 15.1 Å². The summed E-state index contributed by atoms with van der Waals surface area (Å²) in [4.78, 5) is 39.8. The number of rotatable bonds is 3. The average Bonchev–Trinajstić information content (AvgIpc) is 3.41. The molecule has 36 heavy (non-hydrogen) atoms. The lowest BCUT2D eigenvalue weighted by molar-refractivity contribution is -0.141. The van der Waals surface area contributed by atoms with Crippen molar-refractivity contribution in [2.75, 3.05) is 37.6 Å². The van der Waals surface area contributed by atoms with E-state index in [1.807, 2.05) is 0 Å². The Hall–Kier alpha value is -3.57. The first-order valence-corrected chi connectivity index (χ1v) is 11.8. The maximum absolute atomic E-state index is 14.9. The van der Waals surface area contributed by atoms with E-state index in [-0.39, 0.29) is 56.7 Å². The second kappa shape index (κ2) is 11.0. The number of aromatic nitrogens is 3. The minimum absolute atomic E-state index is 0.00227. The lowest BCUT2D eigenvalue weighted by atomic mass is 10.2. The second-order valence-corrected chi connectivity index (χ2v) is 8.68. The SMILES string of the molecule is O=C1CCN(C(=O)C(F)=C2CCCC2)CCN(c2cc(C(F)(F)F)nc(-c3cccnc3)n2)CCN1. The van der Waals surface area contributed by atoms with Gasteiger partial charge in [-0.15, -0.1) is 0 Å². The second-order valence-electron chi connectivity index (χ2n) is 8.68. The van der Waals surface area contributed by atoms with Gasteiger partial charge in [-0.2, -0.15) is 13.2 Å². The van der Waals surface area contributed by atoms with Gasteiger partial charge in [0.15, 0.2) is 17.3 Å². The van der Waals surface area contributed by atoms with Crippen molar-refractivity contribution in [2.24, 2.45) is 0 Å². The molecule has 192 valence electrons. The maximum atomic E-state index is 14.9. The Morgan fingerprint density at radius 1 is 1.03 bits per heavy atom. The molecule has 0 spiro atoms. The first-order valence-electron chi connectivity index (χ1n) is 11.8. The average molecular weight is 507 g/mol. The number of allylic oxidation sites excluding steroid dienone is 1. The number of carbonyl (C=O) groups is 2. The van der Waals surface area contributed by atoms with Gasteiger partial charge in [0.1, 0.15) is 5.82 Å².